The van der Waals surface area contributed by atoms with E-state index < -0.39 is 18.1 Å². The van der Waals surface area contributed by atoms with Crippen LogP contribution in [0.15, 0.2) is 146 Å². The van der Waals surface area contributed by atoms with Gasteiger partial charge in [0, 0.05) is 0 Å². The van der Waals surface area contributed by atoms with Crippen LogP contribution in [0, 0.1) is 0 Å². The third-order valence-corrected chi connectivity index (χ3v) is 8.96. The second kappa shape index (κ2) is 11.4. The number of hydrogen-bond donors (Lipinski definition) is 0. The molecule has 0 heterocycles. The number of benzene rings is 8. The number of hydrogen-bond acceptors (Lipinski definition) is 1. The number of halogens is 6. The molecule has 0 N–H and O–H groups in total. The minimum atomic E-state index is -4.84. The van der Waals surface area contributed by atoms with Crippen molar-refractivity contribution in [2.45, 2.75) is 12.5 Å². The zero-order chi connectivity index (χ0) is 33.9. The van der Waals surface area contributed by atoms with Gasteiger partial charge in [-0.1, -0.05) is 109 Å². The highest BCUT2D eigenvalue weighted by atomic mass is 19.4. The number of fused-ring (bicyclic) bond motifs is 5. The zero-order valence-corrected chi connectivity index (χ0v) is 25.5. The molecule has 0 aromatic heterocycles. The summed E-state index contributed by atoms with van der Waals surface area (Å²) in [7, 11) is 0. The maximum Gasteiger partial charge on any atom is 0.573 e. The van der Waals surface area contributed by atoms with Crippen molar-refractivity contribution in [2.24, 2.45) is 0 Å². The third kappa shape index (κ3) is 5.51. The molecule has 0 spiro atoms. The summed E-state index contributed by atoms with van der Waals surface area (Å²) < 4.78 is 84.4. The Kier molecular flexibility index (Phi) is 7.10. The van der Waals surface area contributed by atoms with Crippen LogP contribution in [0.2, 0.25) is 0 Å². The van der Waals surface area contributed by atoms with Gasteiger partial charge in [0.05, 0.1) is 5.56 Å². The van der Waals surface area contributed by atoms with Crippen molar-refractivity contribution < 1.29 is 31.1 Å². The van der Waals surface area contributed by atoms with Gasteiger partial charge in [0.1, 0.15) is 5.75 Å². The van der Waals surface area contributed by atoms with E-state index in [4.69, 9.17) is 0 Å². The van der Waals surface area contributed by atoms with E-state index in [1.165, 1.54) is 18.2 Å². The Hall–Kier alpha value is -5.82. The van der Waals surface area contributed by atoms with Gasteiger partial charge in [0.15, 0.2) is 0 Å². The molecular formula is C42H24F6O. The predicted molar refractivity (Wildman–Crippen MR) is 184 cm³/mol. The van der Waals surface area contributed by atoms with E-state index in [2.05, 4.69) is 35.1 Å². The minimum absolute atomic E-state index is 0.353. The fraction of sp³-hybridized carbons (Fsp3) is 0.0476. The lowest BCUT2D eigenvalue weighted by Gasteiger charge is -2.20. The number of alkyl halides is 6. The van der Waals surface area contributed by atoms with E-state index in [0.717, 1.165) is 71.9 Å². The Morgan fingerprint density at radius 3 is 1.65 bits per heavy atom. The maximum atomic E-state index is 13.7. The molecule has 49 heavy (non-hydrogen) atoms. The van der Waals surface area contributed by atoms with E-state index in [1.54, 1.807) is 18.2 Å². The van der Waals surface area contributed by atoms with Crippen LogP contribution in [0.5, 0.6) is 5.75 Å². The van der Waals surface area contributed by atoms with Crippen molar-refractivity contribution in [2.75, 3.05) is 0 Å². The molecule has 8 aromatic carbocycles. The molecule has 0 unspecified atom stereocenters. The molecule has 8 aromatic rings. The van der Waals surface area contributed by atoms with Crippen LogP contribution in [0.3, 0.4) is 0 Å². The first-order valence-corrected chi connectivity index (χ1v) is 15.5. The van der Waals surface area contributed by atoms with Crippen LogP contribution in [0.25, 0.3) is 76.5 Å². The zero-order valence-electron chi connectivity index (χ0n) is 25.5. The highest BCUT2D eigenvalue weighted by Crippen LogP contribution is 2.47. The van der Waals surface area contributed by atoms with Crippen molar-refractivity contribution in [1.82, 2.24) is 0 Å². The van der Waals surface area contributed by atoms with Crippen LogP contribution >= 0.6 is 0 Å². The highest BCUT2D eigenvalue weighted by molar-refractivity contribution is 6.26. The Bertz CT molecular complexity index is 2550. The SMILES string of the molecule is FC(F)(F)Oc1ccc(-c2c3ccccc3c(-c3cc4ccccc4c4ccccc34)c3ccc(-c4cccc(C(F)(F)F)c4)cc23)cc1. The molecule has 1 nitrogen and oxygen atoms in total. The molecule has 0 aliphatic rings. The molecule has 0 radical (unpaired) electrons. The van der Waals surface area contributed by atoms with Gasteiger partial charge < -0.3 is 4.74 Å². The summed E-state index contributed by atoms with van der Waals surface area (Å²) in [5.74, 6) is -0.353. The molecule has 240 valence electrons. The lowest BCUT2D eigenvalue weighted by molar-refractivity contribution is -0.274. The minimum Gasteiger partial charge on any atom is -0.406 e. The summed E-state index contributed by atoms with van der Waals surface area (Å²) >= 11 is 0. The quantitative estimate of drug-likeness (QED) is 0.104. The normalized spacial score (nSPS) is 12.3. The molecule has 0 fully saturated rings. The van der Waals surface area contributed by atoms with E-state index in [-0.39, 0.29) is 5.75 Å². The van der Waals surface area contributed by atoms with E-state index in [1.807, 2.05) is 66.7 Å². The Morgan fingerprint density at radius 2 is 0.959 bits per heavy atom. The van der Waals surface area contributed by atoms with Crippen molar-refractivity contribution in [3.63, 3.8) is 0 Å². The topological polar surface area (TPSA) is 9.23 Å². The first-order chi connectivity index (χ1) is 23.5. The second-order valence-corrected chi connectivity index (χ2v) is 11.9. The van der Waals surface area contributed by atoms with Gasteiger partial charge in [0.2, 0.25) is 0 Å². The number of ether oxygens (including phenoxy) is 1. The van der Waals surface area contributed by atoms with Gasteiger partial charge in [-0.25, -0.2) is 0 Å². The number of rotatable bonds is 4. The van der Waals surface area contributed by atoms with E-state index in [0.29, 0.717) is 16.7 Å². The van der Waals surface area contributed by atoms with Crippen LogP contribution in [0.1, 0.15) is 5.56 Å². The molecule has 0 atom stereocenters. The van der Waals surface area contributed by atoms with Crippen LogP contribution < -0.4 is 4.74 Å². The first-order valence-electron chi connectivity index (χ1n) is 15.5. The molecule has 0 aliphatic heterocycles. The Labute approximate surface area is 276 Å². The summed E-state index contributed by atoms with van der Waals surface area (Å²) in [5, 5.41) is 7.64. The van der Waals surface area contributed by atoms with E-state index >= 15 is 0 Å². The predicted octanol–water partition coefficient (Wildman–Crippen LogP) is 13.2. The summed E-state index contributed by atoms with van der Waals surface area (Å²) in [5.41, 5.74) is 3.52. The third-order valence-electron chi connectivity index (χ3n) is 8.96. The summed E-state index contributed by atoms with van der Waals surface area (Å²) in [6.45, 7) is 0. The molecule has 7 heteroatoms. The monoisotopic (exact) mass is 658 g/mol. The van der Waals surface area contributed by atoms with Crippen molar-refractivity contribution in [3.05, 3.63) is 151 Å². The van der Waals surface area contributed by atoms with Crippen molar-refractivity contribution >= 4 is 43.1 Å². The van der Waals surface area contributed by atoms with Crippen LogP contribution in [-0.2, 0) is 6.18 Å². The average Bonchev–Trinajstić information content (AvgIpc) is 3.09. The molecule has 0 aliphatic carbocycles. The molecule has 0 saturated carbocycles. The van der Waals surface area contributed by atoms with Gasteiger partial charge >= 0.3 is 12.5 Å². The largest absolute Gasteiger partial charge is 0.573 e. The highest BCUT2D eigenvalue weighted by Gasteiger charge is 2.32. The standard InChI is InChI=1S/C42H24F6O/c43-41(44,45)29-10-7-9-26(22-29)27-18-21-36-38(23-27)39(25-16-19-30(20-17-25)49-42(46,47)48)34-14-5-6-15-35(34)40(36)37-24-28-8-1-2-11-31(28)32-12-3-4-13-33(32)37/h1-24H. The molecule has 0 saturated heterocycles. The van der Waals surface area contributed by atoms with Gasteiger partial charge in [0.25, 0.3) is 0 Å². The maximum absolute atomic E-state index is 13.7. The fourth-order valence-electron chi connectivity index (χ4n) is 6.92. The lowest BCUT2D eigenvalue weighted by Crippen LogP contribution is -2.16. The van der Waals surface area contributed by atoms with Gasteiger partial charge in [-0.15, -0.1) is 13.2 Å². The van der Waals surface area contributed by atoms with Gasteiger partial charge in [-0.05, 0) is 113 Å². The van der Waals surface area contributed by atoms with Crippen molar-refractivity contribution in [1.29, 1.82) is 0 Å². The summed E-state index contributed by atoms with van der Waals surface area (Å²) in [6.07, 6.45) is -9.36. The lowest BCUT2D eigenvalue weighted by atomic mass is 9.83. The smallest absolute Gasteiger partial charge is 0.406 e. The second-order valence-electron chi connectivity index (χ2n) is 11.9. The Morgan fingerprint density at radius 1 is 0.388 bits per heavy atom. The van der Waals surface area contributed by atoms with Crippen molar-refractivity contribution in [3.8, 4) is 39.1 Å². The van der Waals surface area contributed by atoms with Gasteiger partial charge in [-0.3, -0.25) is 0 Å². The van der Waals surface area contributed by atoms with Crippen LogP contribution in [0.4, 0.5) is 26.3 Å². The summed E-state index contributed by atoms with van der Waals surface area (Å²) in [4.78, 5) is 0. The first kappa shape index (κ1) is 30.5. The Balaban J connectivity index is 1.48. The van der Waals surface area contributed by atoms with Crippen LogP contribution in [-0.4, -0.2) is 6.36 Å². The molecule has 8 rings (SSSR count). The molecule has 0 bridgehead atoms. The molecule has 0 amide bonds. The molecular weight excluding hydrogens is 634 g/mol. The summed E-state index contributed by atoms with van der Waals surface area (Å²) in [6, 6.07) is 42.9. The average molecular weight is 659 g/mol. The van der Waals surface area contributed by atoms with E-state index in [9.17, 15) is 26.3 Å². The van der Waals surface area contributed by atoms with Gasteiger partial charge in [-0.2, -0.15) is 13.2 Å². The fourth-order valence-corrected chi connectivity index (χ4v) is 6.92.